The third-order valence-electron chi connectivity index (χ3n) is 6.60. The Balaban J connectivity index is 1.90. The van der Waals surface area contributed by atoms with Crippen molar-refractivity contribution in [1.29, 1.82) is 0 Å². The number of carbonyl (C=O) groups excluding carboxylic acids is 1. The summed E-state index contributed by atoms with van der Waals surface area (Å²) in [5.74, 6) is -1.03. The quantitative estimate of drug-likeness (QED) is 0.396. The van der Waals surface area contributed by atoms with E-state index in [9.17, 15) is 14.7 Å². The molecule has 1 aliphatic rings. The molecule has 34 heavy (non-hydrogen) atoms. The number of amides is 1. The SMILES string of the molecule is C=C(C(N)=O)c1cccc2c1c1c(OCC(=O)O)c3c(cc1n2Cc1ccccc1)CCCC3. The number of aryl methyl sites for hydroxylation is 1. The molecule has 1 heterocycles. The molecule has 0 spiro atoms. The summed E-state index contributed by atoms with van der Waals surface area (Å²) >= 11 is 0. The van der Waals surface area contributed by atoms with Gasteiger partial charge in [0.1, 0.15) is 5.75 Å². The van der Waals surface area contributed by atoms with E-state index in [0.717, 1.165) is 58.6 Å². The average molecular weight is 455 g/mol. The minimum absolute atomic E-state index is 0.214. The highest BCUT2D eigenvalue weighted by molar-refractivity contribution is 6.25. The second kappa shape index (κ2) is 8.71. The number of nitrogens with zero attached hydrogens (tertiary/aromatic N) is 1. The molecule has 6 heteroatoms. The van der Waals surface area contributed by atoms with E-state index in [1.807, 2.05) is 36.4 Å². The van der Waals surface area contributed by atoms with Gasteiger partial charge in [-0.25, -0.2) is 4.79 Å². The van der Waals surface area contributed by atoms with Gasteiger partial charge in [-0.2, -0.15) is 0 Å². The molecule has 6 nitrogen and oxygen atoms in total. The van der Waals surface area contributed by atoms with E-state index < -0.39 is 18.5 Å². The van der Waals surface area contributed by atoms with Gasteiger partial charge in [-0.05, 0) is 60.1 Å². The van der Waals surface area contributed by atoms with E-state index >= 15 is 0 Å². The summed E-state index contributed by atoms with van der Waals surface area (Å²) in [4.78, 5) is 23.6. The predicted octanol–water partition coefficient (Wildman–Crippen LogP) is 4.68. The molecule has 1 amide bonds. The van der Waals surface area contributed by atoms with Crippen LogP contribution in [0.2, 0.25) is 0 Å². The number of benzene rings is 3. The average Bonchev–Trinajstić information content (AvgIpc) is 3.15. The third kappa shape index (κ3) is 3.71. The number of ether oxygens (including phenoxy) is 1. The number of hydrogen-bond acceptors (Lipinski definition) is 3. The number of carboxylic acid groups (broad SMARTS) is 1. The lowest BCUT2D eigenvalue weighted by Gasteiger charge is -2.21. The van der Waals surface area contributed by atoms with Crippen LogP contribution in [-0.4, -0.2) is 28.2 Å². The van der Waals surface area contributed by atoms with Crippen LogP contribution >= 0.6 is 0 Å². The van der Waals surface area contributed by atoms with Crippen LogP contribution in [0.4, 0.5) is 0 Å². The van der Waals surface area contributed by atoms with Crippen molar-refractivity contribution in [3.05, 3.63) is 83.4 Å². The fourth-order valence-electron chi connectivity index (χ4n) is 5.08. The topological polar surface area (TPSA) is 94.6 Å². The molecule has 0 unspecified atom stereocenters. The van der Waals surface area contributed by atoms with Gasteiger partial charge in [-0.1, -0.05) is 49.0 Å². The molecule has 0 atom stereocenters. The minimum atomic E-state index is -1.03. The standard InChI is InChI=1S/C28H26N2O4/c1-17(28(29)33)20-12-7-13-22-25(20)26-23(30(22)15-18-8-3-2-4-9-18)14-19-10-5-6-11-21(19)27(26)34-16-24(31)32/h2-4,7-9,12-14H,1,5-6,10-11,15-16H2,(H2,29,33)(H,31,32). The molecule has 0 bridgehead atoms. The fourth-order valence-corrected chi connectivity index (χ4v) is 5.08. The molecular formula is C28H26N2O4. The first-order chi connectivity index (χ1) is 16.5. The number of hydrogen-bond donors (Lipinski definition) is 2. The first kappa shape index (κ1) is 21.8. The molecule has 1 aliphatic carbocycles. The molecule has 0 saturated heterocycles. The number of nitrogens with two attached hydrogens (primary N) is 1. The molecule has 5 rings (SSSR count). The third-order valence-corrected chi connectivity index (χ3v) is 6.60. The van der Waals surface area contributed by atoms with E-state index in [2.05, 4.69) is 29.3 Å². The van der Waals surface area contributed by atoms with E-state index in [-0.39, 0.29) is 5.57 Å². The first-order valence-corrected chi connectivity index (χ1v) is 11.4. The zero-order valence-corrected chi connectivity index (χ0v) is 18.8. The van der Waals surface area contributed by atoms with Crippen molar-refractivity contribution in [2.45, 2.75) is 32.2 Å². The summed E-state index contributed by atoms with van der Waals surface area (Å²) in [6.07, 6.45) is 3.85. The van der Waals surface area contributed by atoms with Crippen molar-refractivity contribution in [2.75, 3.05) is 6.61 Å². The summed E-state index contributed by atoms with van der Waals surface area (Å²) < 4.78 is 8.20. The van der Waals surface area contributed by atoms with Crippen molar-refractivity contribution in [3.8, 4) is 5.75 Å². The molecule has 0 radical (unpaired) electrons. The Morgan fingerprint density at radius 3 is 2.50 bits per heavy atom. The molecule has 0 saturated carbocycles. The van der Waals surface area contributed by atoms with Gasteiger partial charge in [-0.3, -0.25) is 4.79 Å². The van der Waals surface area contributed by atoms with E-state index in [0.29, 0.717) is 17.9 Å². The second-order valence-corrected chi connectivity index (χ2v) is 8.74. The number of rotatable bonds is 7. The van der Waals surface area contributed by atoms with Crippen molar-refractivity contribution in [1.82, 2.24) is 4.57 Å². The maximum Gasteiger partial charge on any atom is 0.341 e. The maximum absolute atomic E-state index is 12.1. The van der Waals surface area contributed by atoms with E-state index in [4.69, 9.17) is 10.5 Å². The van der Waals surface area contributed by atoms with Gasteiger partial charge in [0.15, 0.2) is 6.61 Å². The number of carboxylic acids is 1. The van der Waals surface area contributed by atoms with Crippen LogP contribution in [0.3, 0.4) is 0 Å². The maximum atomic E-state index is 12.1. The highest BCUT2D eigenvalue weighted by Crippen LogP contribution is 2.44. The predicted molar refractivity (Wildman–Crippen MR) is 133 cm³/mol. The lowest BCUT2D eigenvalue weighted by Crippen LogP contribution is -2.14. The normalized spacial score (nSPS) is 13.1. The van der Waals surface area contributed by atoms with Crippen LogP contribution < -0.4 is 10.5 Å². The molecule has 4 aromatic rings. The van der Waals surface area contributed by atoms with Crippen molar-refractivity contribution in [3.63, 3.8) is 0 Å². The summed E-state index contributed by atoms with van der Waals surface area (Å²) in [6, 6.07) is 18.1. The Morgan fingerprint density at radius 1 is 1.00 bits per heavy atom. The number of fused-ring (bicyclic) bond motifs is 4. The number of carbonyl (C=O) groups is 2. The van der Waals surface area contributed by atoms with Gasteiger partial charge in [0.2, 0.25) is 5.91 Å². The highest BCUT2D eigenvalue weighted by Gasteiger charge is 2.26. The van der Waals surface area contributed by atoms with Gasteiger partial charge in [0.05, 0.1) is 16.4 Å². The van der Waals surface area contributed by atoms with Gasteiger partial charge >= 0.3 is 5.97 Å². The Bertz CT molecular complexity index is 1450. The lowest BCUT2D eigenvalue weighted by molar-refractivity contribution is -0.139. The van der Waals surface area contributed by atoms with Crippen molar-refractivity contribution < 1.29 is 19.4 Å². The zero-order chi connectivity index (χ0) is 23.8. The molecule has 3 N–H and O–H groups in total. The smallest absolute Gasteiger partial charge is 0.341 e. The largest absolute Gasteiger partial charge is 0.481 e. The van der Waals surface area contributed by atoms with Crippen molar-refractivity contribution >= 4 is 39.3 Å². The Kier molecular flexibility index (Phi) is 5.57. The van der Waals surface area contributed by atoms with Gasteiger partial charge in [0, 0.05) is 17.5 Å². The Labute approximate surface area is 197 Å². The van der Waals surface area contributed by atoms with Crippen LogP contribution in [0.15, 0.2) is 61.2 Å². The highest BCUT2D eigenvalue weighted by atomic mass is 16.5. The van der Waals surface area contributed by atoms with Gasteiger partial charge < -0.3 is 20.1 Å². The monoisotopic (exact) mass is 454 g/mol. The van der Waals surface area contributed by atoms with Crippen LogP contribution in [0.25, 0.3) is 27.4 Å². The molecule has 3 aromatic carbocycles. The Hall–Kier alpha value is -4.06. The molecular weight excluding hydrogens is 428 g/mol. The van der Waals surface area contributed by atoms with Gasteiger partial charge in [-0.15, -0.1) is 0 Å². The number of aromatic nitrogens is 1. The molecule has 1 aromatic heterocycles. The lowest BCUT2D eigenvalue weighted by atomic mass is 9.88. The zero-order valence-electron chi connectivity index (χ0n) is 18.8. The second-order valence-electron chi connectivity index (χ2n) is 8.74. The molecule has 0 fully saturated rings. The summed E-state index contributed by atoms with van der Waals surface area (Å²) in [5, 5.41) is 11.0. The van der Waals surface area contributed by atoms with E-state index in [1.165, 1.54) is 5.56 Å². The van der Waals surface area contributed by atoms with Gasteiger partial charge in [0.25, 0.3) is 0 Å². The summed E-state index contributed by atoms with van der Waals surface area (Å²) in [6.45, 7) is 4.13. The van der Waals surface area contributed by atoms with E-state index in [1.54, 1.807) is 0 Å². The first-order valence-electron chi connectivity index (χ1n) is 11.4. The van der Waals surface area contributed by atoms with Crippen LogP contribution in [0.1, 0.15) is 35.1 Å². The fraction of sp³-hybridized carbons (Fsp3) is 0.214. The van der Waals surface area contributed by atoms with Crippen molar-refractivity contribution in [2.24, 2.45) is 5.73 Å². The minimum Gasteiger partial charge on any atom is -0.481 e. The number of aliphatic carboxylic acids is 1. The number of primary amides is 1. The summed E-state index contributed by atoms with van der Waals surface area (Å²) in [5.41, 5.74) is 11.7. The summed E-state index contributed by atoms with van der Waals surface area (Å²) in [7, 11) is 0. The Morgan fingerprint density at radius 2 is 1.76 bits per heavy atom. The molecule has 172 valence electrons. The van der Waals surface area contributed by atoms with Crippen LogP contribution in [0, 0.1) is 0 Å². The van der Waals surface area contributed by atoms with Crippen LogP contribution in [0.5, 0.6) is 5.75 Å². The van der Waals surface area contributed by atoms with Crippen LogP contribution in [-0.2, 0) is 29.0 Å². The molecule has 0 aliphatic heterocycles.